The van der Waals surface area contributed by atoms with E-state index in [2.05, 4.69) is 15.0 Å². The van der Waals surface area contributed by atoms with Crippen molar-refractivity contribution in [2.24, 2.45) is 0 Å². The Kier molecular flexibility index (Phi) is 2.64. The zero-order chi connectivity index (χ0) is 12.5. The molecule has 18 heavy (non-hydrogen) atoms. The molecule has 5 nitrogen and oxygen atoms in total. The van der Waals surface area contributed by atoms with Crippen molar-refractivity contribution in [2.45, 2.75) is 17.2 Å². The highest BCUT2D eigenvalue weighted by Gasteiger charge is 2.09. The quantitative estimate of drug-likeness (QED) is 0.562. The van der Waals surface area contributed by atoms with Gasteiger partial charge in [0.05, 0.1) is 11.2 Å². The van der Waals surface area contributed by atoms with Crippen LogP contribution in [0.3, 0.4) is 0 Å². The van der Waals surface area contributed by atoms with Crippen LogP contribution in [0.15, 0.2) is 45.5 Å². The van der Waals surface area contributed by atoms with Gasteiger partial charge in [0.25, 0.3) is 5.22 Å². The van der Waals surface area contributed by atoms with Gasteiger partial charge in [-0.3, -0.25) is 0 Å². The molecule has 0 atom stereocenters. The minimum atomic E-state index is 0.565. The maximum absolute atomic E-state index is 5.79. The molecule has 0 aliphatic carbocycles. The molecule has 2 N–H and O–H groups in total. The van der Waals surface area contributed by atoms with E-state index in [1.807, 2.05) is 25.1 Å². The molecule has 0 bridgehead atoms. The van der Waals surface area contributed by atoms with E-state index in [4.69, 9.17) is 10.2 Å². The van der Waals surface area contributed by atoms with Crippen LogP contribution < -0.4 is 5.73 Å². The standard InChI is InChI=1S/C12H10N4OS/c1-7-5-17-12(16-7)18-11-9-4-8(13)2-3-10(9)14-6-15-11/h2-6H,13H2,1H3. The predicted octanol–water partition coefficient (Wildman–Crippen LogP) is 2.66. The minimum Gasteiger partial charge on any atom is -0.439 e. The molecule has 2 aromatic heterocycles. The highest BCUT2D eigenvalue weighted by atomic mass is 32.2. The number of hydrogen-bond acceptors (Lipinski definition) is 6. The van der Waals surface area contributed by atoms with E-state index in [9.17, 15) is 0 Å². The van der Waals surface area contributed by atoms with Gasteiger partial charge in [0, 0.05) is 11.1 Å². The summed E-state index contributed by atoms with van der Waals surface area (Å²) in [6.07, 6.45) is 3.14. The smallest absolute Gasteiger partial charge is 0.262 e. The Hall–Kier alpha value is -2.08. The Bertz CT molecular complexity index is 710. The molecule has 0 aliphatic rings. The van der Waals surface area contributed by atoms with E-state index in [-0.39, 0.29) is 0 Å². The van der Waals surface area contributed by atoms with Crippen LogP contribution in [0.5, 0.6) is 0 Å². The number of nitrogen functional groups attached to an aromatic ring is 1. The molecule has 3 aromatic rings. The number of anilines is 1. The summed E-state index contributed by atoms with van der Waals surface area (Å²) in [7, 11) is 0. The summed E-state index contributed by atoms with van der Waals surface area (Å²) in [6.45, 7) is 1.88. The number of rotatable bonds is 2. The molecule has 0 saturated carbocycles. The molecule has 1 aromatic carbocycles. The number of benzene rings is 1. The van der Waals surface area contributed by atoms with Gasteiger partial charge in [0.2, 0.25) is 0 Å². The Labute approximate surface area is 107 Å². The molecular weight excluding hydrogens is 248 g/mol. The average Bonchev–Trinajstić information content (AvgIpc) is 2.76. The van der Waals surface area contributed by atoms with Crippen molar-refractivity contribution < 1.29 is 4.42 Å². The number of fused-ring (bicyclic) bond motifs is 1. The Balaban J connectivity index is 2.08. The molecule has 90 valence electrons. The van der Waals surface area contributed by atoms with Gasteiger partial charge in [0.15, 0.2) is 0 Å². The van der Waals surface area contributed by atoms with Crippen LogP contribution in [0.25, 0.3) is 10.9 Å². The third kappa shape index (κ3) is 2.02. The Morgan fingerprint density at radius 2 is 2.17 bits per heavy atom. The number of oxazole rings is 1. The molecule has 0 radical (unpaired) electrons. The summed E-state index contributed by atoms with van der Waals surface area (Å²) in [5, 5.41) is 2.25. The van der Waals surface area contributed by atoms with Crippen molar-refractivity contribution >= 4 is 28.4 Å². The molecule has 0 saturated heterocycles. The summed E-state index contributed by atoms with van der Waals surface area (Å²) in [5.74, 6) is 0. The van der Waals surface area contributed by atoms with E-state index in [1.165, 1.54) is 18.1 Å². The lowest BCUT2D eigenvalue weighted by atomic mass is 10.2. The second kappa shape index (κ2) is 4.30. The fourth-order valence-electron chi connectivity index (χ4n) is 1.59. The van der Waals surface area contributed by atoms with Crippen molar-refractivity contribution in [2.75, 3.05) is 5.73 Å². The molecule has 0 unspecified atom stereocenters. The highest BCUT2D eigenvalue weighted by molar-refractivity contribution is 7.99. The normalized spacial score (nSPS) is 10.9. The molecular formula is C12H10N4OS. The number of hydrogen-bond donors (Lipinski definition) is 1. The lowest BCUT2D eigenvalue weighted by Gasteiger charge is -2.02. The van der Waals surface area contributed by atoms with Crippen molar-refractivity contribution in [3.8, 4) is 0 Å². The van der Waals surface area contributed by atoms with Gasteiger partial charge in [-0.25, -0.2) is 15.0 Å². The zero-order valence-corrected chi connectivity index (χ0v) is 10.4. The second-order valence-electron chi connectivity index (χ2n) is 3.81. The summed E-state index contributed by atoms with van der Waals surface area (Å²) in [6, 6.07) is 5.55. The van der Waals surface area contributed by atoms with Crippen molar-refractivity contribution in [3.05, 3.63) is 36.5 Å². The summed E-state index contributed by atoms with van der Waals surface area (Å²) in [4.78, 5) is 12.7. The maximum Gasteiger partial charge on any atom is 0.262 e. The molecule has 0 aliphatic heterocycles. The Morgan fingerprint density at radius 3 is 2.94 bits per heavy atom. The van der Waals surface area contributed by atoms with Crippen LogP contribution in [0.4, 0.5) is 5.69 Å². The first-order chi connectivity index (χ1) is 8.72. The highest BCUT2D eigenvalue weighted by Crippen LogP contribution is 2.31. The number of nitrogens with zero attached hydrogens (tertiary/aromatic N) is 3. The SMILES string of the molecule is Cc1coc(Sc2ncnc3ccc(N)cc23)n1. The Morgan fingerprint density at radius 1 is 1.28 bits per heavy atom. The van der Waals surface area contributed by atoms with Gasteiger partial charge >= 0.3 is 0 Å². The lowest BCUT2D eigenvalue weighted by Crippen LogP contribution is -1.90. The van der Waals surface area contributed by atoms with Gasteiger partial charge < -0.3 is 10.2 Å². The topological polar surface area (TPSA) is 77.8 Å². The minimum absolute atomic E-state index is 0.565. The molecule has 0 amide bonds. The van der Waals surface area contributed by atoms with E-state index in [0.717, 1.165) is 21.6 Å². The van der Waals surface area contributed by atoms with E-state index in [0.29, 0.717) is 10.9 Å². The molecule has 3 rings (SSSR count). The molecule has 2 heterocycles. The van der Waals surface area contributed by atoms with Crippen LogP contribution in [0.1, 0.15) is 5.69 Å². The van der Waals surface area contributed by atoms with Crippen LogP contribution in [-0.2, 0) is 0 Å². The monoisotopic (exact) mass is 258 g/mol. The van der Waals surface area contributed by atoms with Gasteiger partial charge in [-0.05, 0) is 36.9 Å². The summed E-state index contributed by atoms with van der Waals surface area (Å²) >= 11 is 1.36. The van der Waals surface area contributed by atoms with Crippen molar-refractivity contribution in [1.29, 1.82) is 0 Å². The van der Waals surface area contributed by atoms with Crippen LogP contribution in [0.2, 0.25) is 0 Å². The number of nitrogens with two attached hydrogens (primary N) is 1. The summed E-state index contributed by atoms with van der Waals surface area (Å²) in [5.41, 5.74) is 8.16. The lowest BCUT2D eigenvalue weighted by molar-refractivity contribution is 0.454. The van der Waals surface area contributed by atoms with Gasteiger partial charge in [0.1, 0.15) is 17.6 Å². The van der Waals surface area contributed by atoms with Crippen LogP contribution in [-0.4, -0.2) is 15.0 Å². The average molecular weight is 258 g/mol. The van der Waals surface area contributed by atoms with Gasteiger partial charge in [-0.2, -0.15) is 0 Å². The van der Waals surface area contributed by atoms with Gasteiger partial charge in [-0.15, -0.1) is 0 Å². The largest absolute Gasteiger partial charge is 0.439 e. The number of aryl methyl sites for hydroxylation is 1. The first kappa shape index (κ1) is 11.0. The second-order valence-corrected chi connectivity index (χ2v) is 4.75. The fourth-order valence-corrected chi connectivity index (χ4v) is 2.42. The first-order valence-corrected chi connectivity index (χ1v) is 6.14. The van der Waals surface area contributed by atoms with Crippen molar-refractivity contribution in [3.63, 3.8) is 0 Å². The number of aromatic nitrogens is 3. The fraction of sp³-hybridized carbons (Fsp3) is 0.0833. The summed E-state index contributed by atoms with van der Waals surface area (Å²) < 4.78 is 5.31. The third-order valence-corrected chi connectivity index (χ3v) is 3.29. The zero-order valence-electron chi connectivity index (χ0n) is 9.62. The maximum atomic E-state index is 5.79. The molecule has 0 fully saturated rings. The first-order valence-electron chi connectivity index (χ1n) is 5.32. The van der Waals surface area contributed by atoms with Crippen LogP contribution >= 0.6 is 11.8 Å². The van der Waals surface area contributed by atoms with Gasteiger partial charge in [-0.1, -0.05) is 0 Å². The van der Waals surface area contributed by atoms with Crippen LogP contribution in [0, 0.1) is 6.92 Å². The predicted molar refractivity (Wildman–Crippen MR) is 69.3 cm³/mol. The third-order valence-electron chi connectivity index (χ3n) is 2.40. The van der Waals surface area contributed by atoms with E-state index in [1.54, 1.807) is 6.26 Å². The molecule has 0 spiro atoms. The van der Waals surface area contributed by atoms with E-state index >= 15 is 0 Å². The van der Waals surface area contributed by atoms with Crippen molar-refractivity contribution in [1.82, 2.24) is 15.0 Å². The molecule has 6 heteroatoms. The van der Waals surface area contributed by atoms with E-state index < -0.39 is 0 Å².